The van der Waals surface area contributed by atoms with Crippen LogP contribution in [0.25, 0.3) is 0 Å². The van der Waals surface area contributed by atoms with Gasteiger partial charge < -0.3 is 5.32 Å². The van der Waals surface area contributed by atoms with Gasteiger partial charge in [-0.2, -0.15) is 0 Å². The SMILES string of the molecule is CC(c1cc(F)ccc1F)N1CCC2(CCNC2)C1. The predicted octanol–water partition coefficient (Wildman–Crippen LogP) is 2.71. The van der Waals surface area contributed by atoms with Gasteiger partial charge in [-0.25, -0.2) is 8.78 Å². The van der Waals surface area contributed by atoms with E-state index in [4.69, 9.17) is 0 Å². The zero-order valence-electron chi connectivity index (χ0n) is 11.3. The van der Waals surface area contributed by atoms with Crippen LogP contribution in [0.1, 0.15) is 31.4 Å². The summed E-state index contributed by atoms with van der Waals surface area (Å²) in [7, 11) is 0. The lowest BCUT2D eigenvalue weighted by molar-refractivity contribution is 0.220. The van der Waals surface area contributed by atoms with Crippen LogP contribution in [0.5, 0.6) is 0 Å². The van der Waals surface area contributed by atoms with Crippen molar-refractivity contribution in [1.82, 2.24) is 10.2 Å². The topological polar surface area (TPSA) is 15.3 Å². The molecule has 104 valence electrons. The molecule has 1 aromatic rings. The van der Waals surface area contributed by atoms with Gasteiger partial charge in [-0.05, 0) is 56.5 Å². The molecule has 2 aliphatic heterocycles. The third-order valence-corrected chi connectivity index (χ3v) is 4.76. The van der Waals surface area contributed by atoms with Crippen molar-refractivity contribution >= 4 is 0 Å². The first kappa shape index (κ1) is 13.0. The van der Waals surface area contributed by atoms with E-state index in [-0.39, 0.29) is 17.7 Å². The second-order valence-corrected chi connectivity index (χ2v) is 5.99. The summed E-state index contributed by atoms with van der Waals surface area (Å²) in [6.07, 6.45) is 2.35. The van der Waals surface area contributed by atoms with Crippen molar-refractivity contribution in [3.05, 3.63) is 35.4 Å². The Balaban J connectivity index is 1.77. The Morgan fingerprint density at radius 3 is 2.89 bits per heavy atom. The van der Waals surface area contributed by atoms with Gasteiger partial charge in [0.2, 0.25) is 0 Å². The van der Waals surface area contributed by atoms with Crippen molar-refractivity contribution < 1.29 is 8.78 Å². The fraction of sp³-hybridized carbons (Fsp3) is 0.600. The van der Waals surface area contributed by atoms with E-state index in [9.17, 15) is 8.78 Å². The van der Waals surface area contributed by atoms with E-state index in [0.717, 1.165) is 32.6 Å². The van der Waals surface area contributed by atoms with Gasteiger partial charge >= 0.3 is 0 Å². The van der Waals surface area contributed by atoms with E-state index in [1.807, 2.05) is 6.92 Å². The Kier molecular flexibility index (Phi) is 3.31. The predicted molar refractivity (Wildman–Crippen MR) is 70.9 cm³/mol. The Bertz CT molecular complexity index is 469. The summed E-state index contributed by atoms with van der Waals surface area (Å²) in [5.74, 6) is -0.668. The Labute approximate surface area is 112 Å². The maximum Gasteiger partial charge on any atom is 0.128 e. The summed E-state index contributed by atoms with van der Waals surface area (Å²) in [5, 5.41) is 3.41. The Morgan fingerprint density at radius 1 is 1.32 bits per heavy atom. The van der Waals surface area contributed by atoms with E-state index in [0.29, 0.717) is 11.0 Å². The van der Waals surface area contributed by atoms with E-state index in [1.165, 1.54) is 24.6 Å². The first-order chi connectivity index (χ1) is 9.10. The molecule has 2 atom stereocenters. The highest BCUT2D eigenvalue weighted by Crippen LogP contribution is 2.39. The van der Waals surface area contributed by atoms with Gasteiger partial charge in [0.05, 0.1) is 0 Å². The summed E-state index contributed by atoms with van der Waals surface area (Å²) < 4.78 is 27.1. The fourth-order valence-corrected chi connectivity index (χ4v) is 3.48. The van der Waals surface area contributed by atoms with E-state index in [2.05, 4.69) is 10.2 Å². The molecule has 0 saturated carbocycles. The average molecular weight is 266 g/mol. The Morgan fingerprint density at radius 2 is 2.16 bits per heavy atom. The standard InChI is InChI=1S/C15H20F2N2/c1-11(13-8-12(16)2-3-14(13)17)19-7-5-15(10-19)4-6-18-9-15/h2-3,8,11,18H,4-7,9-10H2,1H3. The molecule has 2 unspecified atom stereocenters. The quantitative estimate of drug-likeness (QED) is 0.885. The monoisotopic (exact) mass is 266 g/mol. The summed E-state index contributed by atoms with van der Waals surface area (Å²) in [4.78, 5) is 2.28. The van der Waals surface area contributed by atoms with Crippen LogP contribution in [0, 0.1) is 17.0 Å². The first-order valence-electron chi connectivity index (χ1n) is 6.99. The molecular weight excluding hydrogens is 246 g/mol. The van der Waals surface area contributed by atoms with E-state index < -0.39 is 0 Å². The van der Waals surface area contributed by atoms with Gasteiger partial charge in [0.1, 0.15) is 11.6 Å². The molecule has 0 aromatic heterocycles. The minimum Gasteiger partial charge on any atom is -0.316 e. The molecule has 0 bridgehead atoms. The van der Waals surface area contributed by atoms with Crippen LogP contribution in [-0.2, 0) is 0 Å². The van der Waals surface area contributed by atoms with Gasteiger partial charge in [-0.3, -0.25) is 4.90 Å². The molecule has 1 spiro atoms. The molecule has 2 nitrogen and oxygen atoms in total. The number of rotatable bonds is 2. The zero-order chi connectivity index (χ0) is 13.5. The van der Waals surface area contributed by atoms with Gasteiger partial charge in [0.25, 0.3) is 0 Å². The van der Waals surface area contributed by atoms with Crippen molar-refractivity contribution in [1.29, 1.82) is 0 Å². The van der Waals surface area contributed by atoms with Crippen LogP contribution in [0.3, 0.4) is 0 Å². The fourth-order valence-electron chi connectivity index (χ4n) is 3.48. The number of hydrogen-bond acceptors (Lipinski definition) is 2. The molecule has 0 radical (unpaired) electrons. The van der Waals surface area contributed by atoms with Crippen molar-refractivity contribution in [3.63, 3.8) is 0 Å². The number of nitrogens with one attached hydrogen (secondary N) is 1. The van der Waals surface area contributed by atoms with Crippen LogP contribution in [0.2, 0.25) is 0 Å². The highest BCUT2D eigenvalue weighted by Gasteiger charge is 2.41. The second kappa shape index (κ2) is 4.84. The van der Waals surface area contributed by atoms with Crippen LogP contribution < -0.4 is 5.32 Å². The summed E-state index contributed by atoms with van der Waals surface area (Å²) in [6.45, 7) is 6.06. The molecule has 0 aliphatic carbocycles. The molecule has 2 aliphatic rings. The maximum atomic E-state index is 13.8. The summed E-state index contributed by atoms with van der Waals surface area (Å²) >= 11 is 0. The summed E-state index contributed by atoms with van der Waals surface area (Å²) in [5.41, 5.74) is 0.834. The number of benzene rings is 1. The molecule has 19 heavy (non-hydrogen) atoms. The molecular formula is C15H20F2N2. The first-order valence-corrected chi connectivity index (χ1v) is 6.99. The highest BCUT2D eigenvalue weighted by molar-refractivity contribution is 5.22. The minimum absolute atomic E-state index is 0.0596. The minimum atomic E-state index is -0.361. The van der Waals surface area contributed by atoms with Crippen molar-refractivity contribution in [2.45, 2.75) is 25.8 Å². The van der Waals surface area contributed by atoms with Gasteiger partial charge in [0, 0.05) is 24.7 Å². The third-order valence-electron chi connectivity index (χ3n) is 4.76. The maximum absolute atomic E-state index is 13.8. The van der Waals surface area contributed by atoms with Crippen molar-refractivity contribution in [2.24, 2.45) is 5.41 Å². The smallest absolute Gasteiger partial charge is 0.128 e. The molecule has 0 amide bonds. The molecule has 2 fully saturated rings. The van der Waals surface area contributed by atoms with E-state index >= 15 is 0 Å². The normalized spacial score (nSPS) is 29.2. The van der Waals surface area contributed by atoms with Gasteiger partial charge in [-0.1, -0.05) is 0 Å². The molecule has 3 rings (SSSR count). The van der Waals surface area contributed by atoms with E-state index in [1.54, 1.807) is 0 Å². The van der Waals surface area contributed by atoms with Crippen molar-refractivity contribution in [3.8, 4) is 0 Å². The molecule has 4 heteroatoms. The Hall–Kier alpha value is -1.00. The lowest BCUT2D eigenvalue weighted by Crippen LogP contribution is -2.31. The zero-order valence-corrected chi connectivity index (χ0v) is 11.3. The van der Waals surface area contributed by atoms with Crippen LogP contribution in [-0.4, -0.2) is 31.1 Å². The molecule has 2 saturated heterocycles. The lowest BCUT2D eigenvalue weighted by Gasteiger charge is -2.28. The van der Waals surface area contributed by atoms with Crippen LogP contribution >= 0.6 is 0 Å². The van der Waals surface area contributed by atoms with Crippen LogP contribution in [0.15, 0.2) is 18.2 Å². The second-order valence-electron chi connectivity index (χ2n) is 5.99. The largest absolute Gasteiger partial charge is 0.316 e. The van der Waals surface area contributed by atoms with Gasteiger partial charge in [0.15, 0.2) is 0 Å². The average Bonchev–Trinajstić information content (AvgIpc) is 3.03. The summed E-state index contributed by atoms with van der Waals surface area (Å²) in [6, 6.07) is 3.68. The number of likely N-dealkylation sites (tertiary alicyclic amines) is 1. The lowest BCUT2D eigenvalue weighted by atomic mass is 9.86. The molecule has 2 heterocycles. The number of nitrogens with zero attached hydrogens (tertiary/aromatic N) is 1. The molecule has 1 aromatic carbocycles. The van der Waals surface area contributed by atoms with Crippen LogP contribution in [0.4, 0.5) is 8.78 Å². The third kappa shape index (κ3) is 2.39. The number of halogens is 2. The van der Waals surface area contributed by atoms with Gasteiger partial charge in [-0.15, -0.1) is 0 Å². The highest BCUT2D eigenvalue weighted by atomic mass is 19.1. The molecule has 1 N–H and O–H groups in total. The number of hydrogen-bond donors (Lipinski definition) is 1. The van der Waals surface area contributed by atoms with Crippen molar-refractivity contribution in [2.75, 3.05) is 26.2 Å².